The molecule has 1 fully saturated rings. The number of hydrogen-bond donors (Lipinski definition) is 4. The molecule has 1 saturated carbocycles. The van der Waals surface area contributed by atoms with Gasteiger partial charge in [-0.25, -0.2) is 14.8 Å². The average Bonchev–Trinajstić information content (AvgIpc) is 3.34. The van der Waals surface area contributed by atoms with Gasteiger partial charge in [0.25, 0.3) is 0 Å². The average molecular weight is 492 g/mol. The van der Waals surface area contributed by atoms with E-state index in [-0.39, 0.29) is 24.9 Å². The van der Waals surface area contributed by atoms with Gasteiger partial charge in [-0.05, 0) is 73.8 Å². The van der Waals surface area contributed by atoms with Crippen molar-refractivity contribution in [3.8, 4) is 0 Å². The standard InChI is InChI=1S/C27H33N5O4/c33-24(16-19-7-11-29-26-22(19)8-12-30-26)32-23(27(34)35)9-13-36-21-14-17(15-21)3-5-20-6-4-18-2-1-10-28-25(18)31-20/h4,6-8,11-12,17,21,23H,1-3,5,9-10,13-16H2,(H,28,31)(H,29,30)(H,32,33)(H,34,35). The molecular formula is C27H33N5O4. The molecule has 0 bridgehead atoms. The van der Waals surface area contributed by atoms with Crippen molar-refractivity contribution in [2.45, 2.75) is 63.5 Å². The molecule has 2 aliphatic rings. The molecule has 1 aliphatic heterocycles. The van der Waals surface area contributed by atoms with Gasteiger partial charge in [0.05, 0.1) is 12.5 Å². The number of ether oxygens (including phenoxy) is 1. The maximum Gasteiger partial charge on any atom is 0.326 e. The van der Waals surface area contributed by atoms with Crippen molar-refractivity contribution in [1.82, 2.24) is 20.3 Å². The number of fused-ring (bicyclic) bond motifs is 2. The van der Waals surface area contributed by atoms with E-state index in [1.807, 2.05) is 6.07 Å². The number of carbonyl (C=O) groups excluding carboxylic acids is 1. The summed E-state index contributed by atoms with van der Waals surface area (Å²) in [6.45, 7) is 1.31. The van der Waals surface area contributed by atoms with Crippen LogP contribution in [0.2, 0.25) is 0 Å². The van der Waals surface area contributed by atoms with E-state index < -0.39 is 12.0 Å². The second-order valence-corrected chi connectivity index (χ2v) is 9.84. The highest BCUT2D eigenvalue weighted by Gasteiger charge is 2.30. The number of H-pyrrole nitrogens is 1. The number of aromatic nitrogens is 3. The molecule has 0 spiro atoms. The Morgan fingerprint density at radius 1 is 1.22 bits per heavy atom. The first-order chi connectivity index (χ1) is 17.5. The number of carboxylic acid groups (broad SMARTS) is 1. The van der Waals surface area contributed by atoms with E-state index in [0.717, 1.165) is 61.1 Å². The van der Waals surface area contributed by atoms with Crippen molar-refractivity contribution in [2.24, 2.45) is 5.92 Å². The van der Waals surface area contributed by atoms with E-state index in [9.17, 15) is 14.7 Å². The maximum absolute atomic E-state index is 12.5. The summed E-state index contributed by atoms with van der Waals surface area (Å²) in [4.78, 5) is 36.2. The van der Waals surface area contributed by atoms with Gasteiger partial charge >= 0.3 is 5.97 Å². The van der Waals surface area contributed by atoms with Gasteiger partial charge in [-0.3, -0.25) is 4.79 Å². The van der Waals surface area contributed by atoms with Crippen molar-refractivity contribution < 1.29 is 19.4 Å². The molecule has 5 rings (SSSR count). The number of aliphatic carboxylic acids is 1. The van der Waals surface area contributed by atoms with Crippen LogP contribution in [0.3, 0.4) is 0 Å². The summed E-state index contributed by atoms with van der Waals surface area (Å²) in [6.07, 6.45) is 10.2. The fourth-order valence-electron chi connectivity index (χ4n) is 5.11. The van der Waals surface area contributed by atoms with E-state index in [2.05, 4.69) is 32.7 Å². The number of carboxylic acids is 1. The highest BCUT2D eigenvalue weighted by molar-refractivity contribution is 5.89. The zero-order chi connectivity index (χ0) is 24.9. The number of aromatic amines is 1. The summed E-state index contributed by atoms with van der Waals surface area (Å²) < 4.78 is 5.91. The molecule has 36 heavy (non-hydrogen) atoms. The van der Waals surface area contributed by atoms with Crippen LogP contribution in [-0.2, 0) is 33.6 Å². The monoisotopic (exact) mass is 491 g/mol. The van der Waals surface area contributed by atoms with E-state index in [1.54, 1.807) is 18.5 Å². The van der Waals surface area contributed by atoms with Gasteiger partial charge in [0, 0.05) is 43.0 Å². The minimum atomic E-state index is -1.05. The van der Waals surface area contributed by atoms with Crippen LogP contribution in [0, 0.1) is 5.92 Å². The first-order valence-corrected chi connectivity index (χ1v) is 12.8. The Balaban J connectivity index is 1.01. The van der Waals surface area contributed by atoms with Crippen molar-refractivity contribution in [3.05, 3.63) is 53.5 Å². The molecule has 4 heterocycles. The van der Waals surface area contributed by atoms with Crippen molar-refractivity contribution in [1.29, 1.82) is 0 Å². The highest BCUT2D eigenvalue weighted by atomic mass is 16.5. The van der Waals surface area contributed by atoms with Crippen molar-refractivity contribution in [3.63, 3.8) is 0 Å². The van der Waals surface area contributed by atoms with E-state index in [4.69, 9.17) is 9.72 Å². The lowest BCUT2D eigenvalue weighted by molar-refractivity contribution is -0.142. The fraction of sp³-hybridized carbons (Fsp3) is 0.481. The minimum Gasteiger partial charge on any atom is -0.480 e. The van der Waals surface area contributed by atoms with Crippen LogP contribution < -0.4 is 10.6 Å². The Bertz CT molecular complexity index is 1220. The number of aryl methyl sites for hydroxylation is 2. The predicted octanol–water partition coefficient (Wildman–Crippen LogP) is 3.25. The Morgan fingerprint density at radius 2 is 2.11 bits per heavy atom. The zero-order valence-electron chi connectivity index (χ0n) is 20.3. The van der Waals surface area contributed by atoms with Crippen molar-refractivity contribution in [2.75, 3.05) is 18.5 Å². The van der Waals surface area contributed by atoms with Crippen LogP contribution in [0.5, 0.6) is 0 Å². The van der Waals surface area contributed by atoms with E-state index in [1.165, 1.54) is 12.0 Å². The third-order valence-electron chi connectivity index (χ3n) is 7.25. The van der Waals surface area contributed by atoms with Gasteiger partial charge < -0.3 is 25.5 Å². The summed E-state index contributed by atoms with van der Waals surface area (Å²) in [5, 5.41) is 16.5. The van der Waals surface area contributed by atoms with Gasteiger partial charge in [0.15, 0.2) is 0 Å². The molecule has 9 heteroatoms. The molecule has 4 N–H and O–H groups in total. The van der Waals surface area contributed by atoms with Crippen LogP contribution in [0.4, 0.5) is 5.82 Å². The Morgan fingerprint density at radius 3 is 2.97 bits per heavy atom. The molecular weight excluding hydrogens is 458 g/mol. The first kappa shape index (κ1) is 24.2. The largest absolute Gasteiger partial charge is 0.480 e. The molecule has 1 amide bonds. The van der Waals surface area contributed by atoms with Gasteiger partial charge in [0.2, 0.25) is 5.91 Å². The quantitative estimate of drug-likeness (QED) is 0.324. The number of rotatable bonds is 11. The second-order valence-electron chi connectivity index (χ2n) is 9.84. The first-order valence-electron chi connectivity index (χ1n) is 12.8. The molecule has 3 aromatic heterocycles. The highest BCUT2D eigenvalue weighted by Crippen LogP contribution is 2.34. The van der Waals surface area contributed by atoms with Crippen LogP contribution in [0.25, 0.3) is 11.0 Å². The summed E-state index contributed by atoms with van der Waals surface area (Å²) >= 11 is 0. The Hall–Kier alpha value is -3.46. The minimum absolute atomic E-state index is 0.0982. The lowest BCUT2D eigenvalue weighted by Crippen LogP contribution is -2.43. The molecule has 1 aliphatic carbocycles. The van der Waals surface area contributed by atoms with Crippen LogP contribution in [0.1, 0.15) is 48.9 Å². The predicted molar refractivity (Wildman–Crippen MR) is 136 cm³/mol. The molecule has 9 nitrogen and oxygen atoms in total. The number of nitrogens with one attached hydrogen (secondary N) is 3. The summed E-state index contributed by atoms with van der Waals surface area (Å²) in [5.41, 5.74) is 3.96. The zero-order valence-corrected chi connectivity index (χ0v) is 20.3. The van der Waals surface area contributed by atoms with Gasteiger partial charge in [-0.2, -0.15) is 0 Å². The fourth-order valence-corrected chi connectivity index (χ4v) is 5.11. The molecule has 1 atom stereocenters. The summed E-state index contributed by atoms with van der Waals surface area (Å²) in [6, 6.07) is 7.02. The van der Waals surface area contributed by atoms with Crippen LogP contribution >= 0.6 is 0 Å². The van der Waals surface area contributed by atoms with Gasteiger partial charge in [0.1, 0.15) is 17.5 Å². The molecule has 190 valence electrons. The lowest BCUT2D eigenvalue weighted by atomic mass is 9.79. The van der Waals surface area contributed by atoms with Gasteiger partial charge in [-0.1, -0.05) is 6.07 Å². The third kappa shape index (κ3) is 5.84. The van der Waals surface area contributed by atoms with E-state index >= 15 is 0 Å². The van der Waals surface area contributed by atoms with Crippen LogP contribution in [-0.4, -0.2) is 57.2 Å². The second kappa shape index (κ2) is 11.1. The number of pyridine rings is 2. The van der Waals surface area contributed by atoms with Crippen LogP contribution in [0.15, 0.2) is 36.7 Å². The lowest BCUT2D eigenvalue weighted by Gasteiger charge is -2.35. The third-order valence-corrected chi connectivity index (χ3v) is 7.25. The Kier molecular flexibility index (Phi) is 7.46. The maximum atomic E-state index is 12.5. The molecule has 1 unspecified atom stereocenters. The number of nitrogens with zero attached hydrogens (tertiary/aromatic N) is 2. The molecule has 3 aromatic rings. The molecule has 0 aromatic carbocycles. The number of anilines is 1. The Labute approximate surface area is 210 Å². The molecule has 0 saturated heterocycles. The summed E-state index contributed by atoms with van der Waals surface area (Å²) in [7, 11) is 0. The smallest absolute Gasteiger partial charge is 0.326 e. The number of hydrogen-bond acceptors (Lipinski definition) is 6. The summed E-state index contributed by atoms with van der Waals surface area (Å²) in [5.74, 6) is 0.284. The molecule has 0 radical (unpaired) electrons. The van der Waals surface area contributed by atoms with E-state index in [0.29, 0.717) is 18.2 Å². The van der Waals surface area contributed by atoms with Crippen molar-refractivity contribution >= 4 is 28.7 Å². The number of amides is 1. The normalized spacial score (nSPS) is 19.7. The number of carbonyl (C=O) groups is 2. The topological polar surface area (TPSA) is 129 Å². The van der Waals surface area contributed by atoms with Gasteiger partial charge in [-0.15, -0.1) is 0 Å². The SMILES string of the molecule is O=C(Cc1ccnc2[nH]ccc12)NC(CCOC1CC(CCc2ccc3c(n2)NCCC3)C1)C(=O)O.